The van der Waals surface area contributed by atoms with E-state index in [0.29, 0.717) is 6.54 Å². The molecular weight excluding hydrogens is 254 g/mol. The maximum absolute atomic E-state index is 5.68. The number of benzene rings is 2. The second-order valence-electron chi connectivity index (χ2n) is 5.86. The van der Waals surface area contributed by atoms with Gasteiger partial charge in [-0.15, -0.1) is 0 Å². The lowest BCUT2D eigenvalue weighted by molar-refractivity contribution is 0.779. The molecule has 2 aromatic carbocycles. The normalized spacial score (nSPS) is 13.1. The Morgan fingerprint density at radius 3 is 2.57 bits per heavy atom. The van der Waals surface area contributed by atoms with Crippen molar-refractivity contribution in [2.45, 2.75) is 39.2 Å². The second kappa shape index (κ2) is 6.28. The summed E-state index contributed by atoms with van der Waals surface area (Å²) in [4.78, 5) is 0. The van der Waals surface area contributed by atoms with E-state index in [0.717, 1.165) is 6.42 Å². The van der Waals surface area contributed by atoms with Crippen molar-refractivity contribution in [1.29, 1.82) is 0 Å². The van der Waals surface area contributed by atoms with Gasteiger partial charge in [0.15, 0.2) is 0 Å². The smallest absolute Gasteiger partial charge is 0.0178 e. The minimum absolute atomic E-state index is 0.605. The summed E-state index contributed by atoms with van der Waals surface area (Å²) in [6, 6.07) is 15.3. The van der Waals surface area contributed by atoms with Crippen molar-refractivity contribution < 1.29 is 0 Å². The molecule has 1 aliphatic carbocycles. The van der Waals surface area contributed by atoms with Crippen LogP contribution in [0.2, 0.25) is 0 Å². The SMILES string of the molecule is CCCCC1=Cc2c(cccc2-c2ccc(CN)cc2)C1. The number of nitrogens with two attached hydrogens (primary N) is 1. The van der Waals surface area contributed by atoms with E-state index in [-0.39, 0.29) is 0 Å². The van der Waals surface area contributed by atoms with Crippen molar-refractivity contribution >= 4 is 6.08 Å². The Bertz CT molecular complexity index is 650. The molecule has 0 saturated carbocycles. The van der Waals surface area contributed by atoms with E-state index in [4.69, 9.17) is 5.73 Å². The monoisotopic (exact) mass is 277 g/mol. The highest BCUT2D eigenvalue weighted by Crippen LogP contribution is 2.35. The third kappa shape index (κ3) is 2.93. The first kappa shape index (κ1) is 14.1. The van der Waals surface area contributed by atoms with Crippen molar-refractivity contribution in [2.75, 3.05) is 0 Å². The van der Waals surface area contributed by atoms with Crippen molar-refractivity contribution in [3.63, 3.8) is 0 Å². The van der Waals surface area contributed by atoms with E-state index in [1.54, 1.807) is 5.57 Å². The summed E-state index contributed by atoms with van der Waals surface area (Å²) in [5.74, 6) is 0. The van der Waals surface area contributed by atoms with Crippen LogP contribution >= 0.6 is 0 Å². The van der Waals surface area contributed by atoms with Crippen LogP contribution in [0.5, 0.6) is 0 Å². The third-order valence-corrected chi connectivity index (χ3v) is 4.31. The van der Waals surface area contributed by atoms with Gasteiger partial charge in [0.1, 0.15) is 0 Å². The largest absolute Gasteiger partial charge is 0.326 e. The summed E-state index contributed by atoms with van der Waals surface area (Å²) >= 11 is 0. The molecule has 108 valence electrons. The summed E-state index contributed by atoms with van der Waals surface area (Å²) in [7, 11) is 0. The second-order valence-corrected chi connectivity index (χ2v) is 5.86. The van der Waals surface area contributed by atoms with E-state index in [9.17, 15) is 0 Å². The van der Waals surface area contributed by atoms with E-state index < -0.39 is 0 Å². The van der Waals surface area contributed by atoms with E-state index in [2.05, 4.69) is 55.5 Å². The Labute approximate surface area is 127 Å². The fourth-order valence-electron chi connectivity index (χ4n) is 3.07. The fourth-order valence-corrected chi connectivity index (χ4v) is 3.07. The van der Waals surface area contributed by atoms with Gasteiger partial charge in [-0.05, 0) is 47.1 Å². The van der Waals surface area contributed by atoms with Crippen molar-refractivity contribution in [2.24, 2.45) is 5.73 Å². The first-order valence-electron chi connectivity index (χ1n) is 7.92. The molecule has 0 spiro atoms. The molecule has 2 N–H and O–H groups in total. The Morgan fingerprint density at radius 1 is 1.05 bits per heavy atom. The van der Waals surface area contributed by atoms with Gasteiger partial charge < -0.3 is 5.73 Å². The van der Waals surface area contributed by atoms with Crippen molar-refractivity contribution in [1.82, 2.24) is 0 Å². The molecule has 0 aromatic heterocycles. The Balaban J connectivity index is 1.94. The quantitative estimate of drug-likeness (QED) is 0.823. The molecule has 0 amide bonds. The number of hydrogen-bond donors (Lipinski definition) is 1. The predicted molar refractivity (Wildman–Crippen MR) is 91.0 cm³/mol. The van der Waals surface area contributed by atoms with Crippen molar-refractivity contribution in [3.05, 3.63) is 64.7 Å². The molecule has 2 aromatic rings. The highest BCUT2D eigenvalue weighted by Gasteiger charge is 2.16. The molecule has 0 bridgehead atoms. The van der Waals surface area contributed by atoms with E-state index in [1.165, 1.54) is 47.1 Å². The highest BCUT2D eigenvalue weighted by molar-refractivity contribution is 5.80. The van der Waals surface area contributed by atoms with Crippen LogP contribution in [-0.2, 0) is 13.0 Å². The zero-order chi connectivity index (χ0) is 14.7. The third-order valence-electron chi connectivity index (χ3n) is 4.31. The number of rotatable bonds is 5. The molecule has 0 radical (unpaired) electrons. The molecule has 21 heavy (non-hydrogen) atoms. The summed E-state index contributed by atoms with van der Waals surface area (Å²) in [5, 5.41) is 0. The zero-order valence-corrected chi connectivity index (χ0v) is 12.7. The van der Waals surface area contributed by atoms with Gasteiger partial charge in [-0.3, -0.25) is 0 Å². The van der Waals surface area contributed by atoms with Gasteiger partial charge >= 0.3 is 0 Å². The van der Waals surface area contributed by atoms with Gasteiger partial charge in [0.25, 0.3) is 0 Å². The highest BCUT2D eigenvalue weighted by atomic mass is 14.5. The minimum atomic E-state index is 0.605. The van der Waals surface area contributed by atoms with Gasteiger partial charge in [-0.2, -0.15) is 0 Å². The molecule has 0 atom stereocenters. The topological polar surface area (TPSA) is 26.0 Å². The van der Waals surface area contributed by atoms with Crippen LogP contribution in [0.1, 0.15) is 42.9 Å². The average Bonchev–Trinajstić information content (AvgIpc) is 2.96. The Kier molecular flexibility index (Phi) is 4.21. The van der Waals surface area contributed by atoms with Crippen LogP contribution < -0.4 is 5.73 Å². The van der Waals surface area contributed by atoms with Crippen LogP contribution in [0, 0.1) is 0 Å². The van der Waals surface area contributed by atoms with Gasteiger partial charge in [0.05, 0.1) is 0 Å². The van der Waals surface area contributed by atoms with Gasteiger partial charge in [-0.1, -0.05) is 67.5 Å². The van der Waals surface area contributed by atoms with Crippen molar-refractivity contribution in [3.8, 4) is 11.1 Å². The van der Waals surface area contributed by atoms with E-state index in [1.807, 2.05) is 0 Å². The summed E-state index contributed by atoms with van der Waals surface area (Å²) < 4.78 is 0. The van der Waals surface area contributed by atoms with Crippen LogP contribution in [0.4, 0.5) is 0 Å². The molecule has 0 aliphatic heterocycles. The number of fused-ring (bicyclic) bond motifs is 1. The number of allylic oxidation sites excluding steroid dienone is 1. The lowest BCUT2D eigenvalue weighted by Gasteiger charge is -2.08. The minimum Gasteiger partial charge on any atom is -0.326 e. The predicted octanol–water partition coefficient (Wildman–Crippen LogP) is 4.94. The number of hydrogen-bond acceptors (Lipinski definition) is 1. The summed E-state index contributed by atoms with van der Waals surface area (Å²) in [5.41, 5.74) is 14.0. The van der Waals surface area contributed by atoms with Crippen LogP contribution in [0.25, 0.3) is 17.2 Å². The molecule has 3 rings (SSSR count). The van der Waals surface area contributed by atoms with Gasteiger partial charge in [-0.25, -0.2) is 0 Å². The first-order valence-corrected chi connectivity index (χ1v) is 7.92. The number of unbranched alkanes of at least 4 members (excludes halogenated alkanes) is 1. The van der Waals surface area contributed by atoms with Gasteiger partial charge in [0, 0.05) is 6.54 Å². The lowest BCUT2D eigenvalue weighted by atomic mass is 9.96. The molecule has 1 heteroatoms. The standard InChI is InChI=1S/C20H23N/c1-2-3-5-16-12-18-6-4-7-19(20(18)13-16)17-10-8-15(14-21)9-11-17/h4,6-11,13H,2-3,5,12,14,21H2,1H3. The average molecular weight is 277 g/mol. The van der Waals surface area contributed by atoms with Gasteiger partial charge in [0.2, 0.25) is 0 Å². The Morgan fingerprint density at radius 2 is 1.86 bits per heavy atom. The molecule has 0 heterocycles. The molecule has 0 fully saturated rings. The van der Waals surface area contributed by atoms with Crippen LogP contribution in [0.3, 0.4) is 0 Å². The molecule has 0 unspecified atom stereocenters. The lowest BCUT2D eigenvalue weighted by Crippen LogP contribution is -1.95. The first-order chi connectivity index (χ1) is 10.3. The van der Waals surface area contributed by atoms with Crippen LogP contribution in [-0.4, -0.2) is 0 Å². The fraction of sp³-hybridized carbons (Fsp3) is 0.300. The molecule has 1 aliphatic rings. The maximum atomic E-state index is 5.68. The van der Waals surface area contributed by atoms with E-state index >= 15 is 0 Å². The summed E-state index contributed by atoms with van der Waals surface area (Å²) in [6.07, 6.45) is 7.33. The molecular formula is C20H23N. The summed E-state index contributed by atoms with van der Waals surface area (Å²) in [6.45, 7) is 2.86. The zero-order valence-electron chi connectivity index (χ0n) is 12.7. The maximum Gasteiger partial charge on any atom is 0.0178 e. The molecule has 0 saturated heterocycles. The van der Waals surface area contributed by atoms with Crippen LogP contribution in [0.15, 0.2) is 48.0 Å². The molecule has 1 nitrogen and oxygen atoms in total. The Hall–Kier alpha value is -1.86.